The molecule has 1 atom stereocenters. The molecule has 0 fully saturated rings. The molecule has 0 spiro atoms. The molecule has 0 aromatic heterocycles. The molecule has 1 aromatic carbocycles. The number of nitriles is 1. The maximum absolute atomic E-state index is 11.5. The highest BCUT2D eigenvalue weighted by Crippen LogP contribution is 2.24. The fraction of sp³-hybridized carbons (Fsp3) is 0.333. The molecule has 0 saturated heterocycles. The van der Waals surface area contributed by atoms with Crippen molar-refractivity contribution >= 4 is 11.7 Å². The van der Waals surface area contributed by atoms with Gasteiger partial charge in [-0.25, -0.2) is 0 Å². The van der Waals surface area contributed by atoms with Gasteiger partial charge in [-0.3, -0.25) is 14.9 Å². The van der Waals surface area contributed by atoms with Crippen LogP contribution in [0.2, 0.25) is 0 Å². The number of rotatable bonds is 4. The highest BCUT2D eigenvalue weighted by atomic mass is 16.6. The number of aryl methyl sites for hydroxylation is 1. The van der Waals surface area contributed by atoms with E-state index in [-0.39, 0.29) is 12.3 Å². The lowest BCUT2D eigenvalue weighted by molar-refractivity contribution is -0.385. The van der Waals surface area contributed by atoms with Gasteiger partial charge in [0.15, 0.2) is 5.92 Å². The zero-order chi connectivity index (χ0) is 13.7. The van der Waals surface area contributed by atoms with Crippen molar-refractivity contribution in [2.24, 2.45) is 0 Å². The average molecular weight is 248 g/mol. The number of carbonyl (C=O) groups excluding carboxylic acids is 1. The Balaban J connectivity index is 3.10. The monoisotopic (exact) mass is 248 g/mol. The Bertz CT molecular complexity index is 519. The number of hydrogen-bond acceptors (Lipinski definition) is 5. The molecule has 0 aliphatic rings. The molecule has 1 unspecified atom stereocenters. The number of nitro benzene ring substituents is 1. The average Bonchev–Trinajstić information content (AvgIpc) is 2.29. The second-order valence-electron chi connectivity index (χ2n) is 3.62. The molecular weight excluding hydrogens is 236 g/mol. The number of carbonyl (C=O) groups is 1. The molecule has 1 rings (SSSR count). The van der Waals surface area contributed by atoms with Gasteiger partial charge in [0, 0.05) is 11.6 Å². The van der Waals surface area contributed by atoms with Crippen molar-refractivity contribution in [2.75, 3.05) is 6.61 Å². The molecule has 0 saturated carbocycles. The molecule has 0 amide bonds. The Hall–Kier alpha value is -2.42. The standard InChI is InChI=1S/C12H12N2O4/c1-3-18-12(15)10(7-13)9-4-5-11(14(16)17)8(2)6-9/h4-6,10H,3H2,1-2H3. The Kier molecular flexibility index (Phi) is 4.38. The van der Waals surface area contributed by atoms with Crippen LogP contribution in [0.1, 0.15) is 24.0 Å². The van der Waals surface area contributed by atoms with Gasteiger partial charge in [0.05, 0.1) is 17.6 Å². The first-order valence-electron chi connectivity index (χ1n) is 5.32. The summed E-state index contributed by atoms with van der Waals surface area (Å²) in [5.41, 5.74) is 0.764. The molecule has 1 aromatic rings. The van der Waals surface area contributed by atoms with Gasteiger partial charge >= 0.3 is 5.97 Å². The summed E-state index contributed by atoms with van der Waals surface area (Å²) in [5, 5.41) is 19.6. The molecule has 6 nitrogen and oxygen atoms in total. The van der Waals surface area contributed by atoms with E-state index in [2.05, 4.69) is 0 Å². The van der Waals surface area contributed by atoms with E-state index in [1.807, 2.05) is 6.07 Å². The minimum absolute atomic E-state index is 0.0423. The van der Waals surface area contributed by atoms with Crippen molar-refractivity contribution in [1.29, 1.82) is 5.26 Å². The third-order valence-corrected chi connectivity index (χ3v) is 2.40. The van der Waals surface area contributed by atoms with E-state index in [9.17, 15) is 14.9 Å². The molecule has 6 heteroatoms. The lowest BCUT2D eigenvalue weighted by atomic mass is 9.98. The number of benzene rings is 1. The Morgan fingerprint density at radius 1 is 1.61 bits per heavy atom. The highest BCUT2D eigenvalue weighted by molar-refractivity contribution is 5.81. The molecule has 0 radical (unpaired) electrons. The predicted molar refractivity (Wildman–Crippen MR) is 62.8 cm³/mol. The fourth-order valence-corrected chi connectivity index (χ4v) is 1.55. The minimum atomic E-state index is -1.05. The van der Waals surface area contributed by atoms with Crippen molar-refractivity contribution in [3.05, 3.63) is 39.4 Å². The summed E-state index contributed by atoms with van der Waals surface area (Å²) in [6.45, 7) is 3.39. The van der Waals surface area contributed by atoms with Crippen molar-refractivity contribution in [3.63, 3.8) is 0 Å². The van der Waals surface area contributed by atoms with Gasteiger partial charge in [0.2, 0.25) is 0 Å². The van der Waals surface area contributed by atoms with Gasteiger partial charge < -0.3 is 4.74 Å². The van der Waals surface area contributed by atoms with Crippen LogP contribution >= 0.6 is 0 Å². The Labute approximate surface area is 104 Å². The molecule has 0 heterocycles. The SMILES string of the molecule is CCOC(=O)C(C#N)c1ccc([N+](=O)[O-])c(C)c1. The zero-order valence-electron chi connectivity index (χ0n) is 10.0. The largest absolute Gasteiger partial charge is 0.465 e. The van der Waals surface area contributed by atoms with E-state index in [1.54, 1.807) is 13.8 Å². The van der Waals surface area contributed by atoms with E-state index in [1.165, 1.54) is 18.2 Å². The topological polar surface area (TPSA) is 93.2 Å². The normalized spacial score (nSPS) is 11.4. The number of nitrogens with zero attached hydrogens (tertiary/aromatic N) is 2. The van der Waals surface area contributed by atoms with Gasteiger partial charge in [0.25, 0.3) is 5.69 Å². The van der Waals surface area contributed by atoms with E-state index in [0.717, 1.165) is 0 Å². The first-order chi connectivity index (χ1) is 8.51. The molecule has 0 aliphatic heterocycles. The fourth-order valence-electron chi connectivity index (χ4n) is 1.55. The predicted octanol–water partition coefficient (Wildman–Crippen LogP) is 2.07. The summed E-state index contributed by atoms with van der Waals surface area (Å²) in [6.07, 6.45) is 0. The van der Waals surface area contributed by atoms with Crippen molar-refractivity contribution in [3.8, 4) is 6.07 Å². The van der Waals surface area contributed by atoms with Crippen LogP contribution in [-0.2, 0) is 9.53 Å². The van der Waals surface area contributed by atoms with Gasteiger partial charge in [-0.2, -0.15) is 5.26 Å². The van der Waals surface area contributed by atoms with Crippen LogP contribution in [0.15, 0.2) is 18.2 Å². The van der Waals surface area contributed by atoms with E-state index in [0.29, 0.717) is 11.1 Å². The molecule has 0 aliphatic carbocycles. The van der Waals surface area contributed by atoms with Crippen molar-refractivity contribution in [2.45, 2.75) is 19.8 Å². The number of ether oxygens (including phenoxy) is 1. The quantitative estimate of drug-likeness (QED) is 0.462. The van der Waals surface area contributed by atoms with Crippen LogP contribution in [0.5, 0.6) is 0 Å². The lowest BCUT2D eigenvalue weighted by Gasteiger charge is -2.09. The van der Waals surface area contributed by atoms with Crippen LogP contribution in [0.4, 0.5) is 5.69 Å². The first kappa shape index (κ1) is 13.6. The molecule has 0 N–H and O–H groups in total. The van der Waals surface area contributed by atoms with Crippen LogP contribution in [0, 0.1) is 28.4 Å². The second kappa shape index (κ2) is 5.77. The van der Waals surface area contributed by atoms with Crippen LogP contribution < -0.4 is 0 Å². The number of hydrogen-bond donors (Lipinski definition) is 0. The minimum Gasteiger partial charge on any atom is -0.465 e. The molecular formula is C12H12N2O4. The first-order valence-corrected chi connectivity index (χ1v) is 5.32. The summed E-state index contributed by atoms with van der Waals surface area (Å²) in [7, 11) is 0. The van der Waals surface area contributed by atoms with Gasteiger partial charge in [-0.05, 0) is 25.5 Å². The third kappa shape index (κ3) is 2.83. The van der Waals surface area contributed by atoms with Gasteiger partial charge in [-0.1, -0.05) is 6.07 Å². The van der Waals surface area contributed by atoms with E-state index < -0.39 is 16.8 Å². The third-order valence-electron chi connectivity index (χ3n) is 2.40. The van der Waals surface area contributed by atoms with Crippen molar-refractivity contribution < 1.29 is 14.5 Å². The number of nitro groups is 1. The summed E-state index contributed by atoms with van der Waals surface area (Å²) in [5.74, 6) is -1.70. The maximum Gasteiger partial charge on any atom is 0.327 e. The maximum atomic E-state index is 11.5. The number of esters is 1. The second-order valence-corrected chi connectivity index (χ2v) is 3.62. The van der Waals surface area contributed by atoms with Crippen LogP contribution in [0.3, 0.4) is 0 Å². The summed E-state index contributed by atoms with van der Waals surface area (Å²) < 4.78 is 4.77. The van der Waals surface area contributed by atoms with E-state index >= 15 is 0 Å². The van der Waals surface area contributed by atoms with Gasteiger partial charge in [-0.15, -0.1) is 0 Å². The smallest absolute Gasteiger partial charge is 0.327 e. The van der Waals surface area contributed by atoms with E-state index in [4.69, 9.17) is 10.00 Å². The lowest BCUT2D eigenvalue weighted by Crippen LogP contribution is -2.14. The Morgan fingerprint density at radius 2 is 2.28 bits per heavy atom. The highest BCUT2D eigenvalue weighted by Gasteiger charge is 2.23. The summed E-state index contributed by atoms with van der Waals surface area (Å²) in [4.78, 5) is 21.7. The molecule has 94 valence electrons. The molecule has 18 heavy (non-hydrogen) atoms. The van der Waals surface area contributed by atoms with Gasteiger partial charge in [0.1, 0.15) is 0 Å². The van der Waals surface area contributed by atoms with Crippen LogP contribution in [0.25, 0.3) is 0 Å². The van der Waals surface area contributed by atoms with Crippen molar-refractivity contribution in [1.82, 2.24) is 0 Å². The van der Waals surface area contributed by atoms with Crippen LogP contribution in [-0.4, -0.2) is 17.5 Å². The zero-order valence-corrected chi connectivity index (χ0v) is 10.0. The molecule has 0 bridgehead atoms. The Morgan fingerprint density at radius 3 is 2.72 bits per heavy atom. The summed E-state index contributed by atoms with van der Waals surface area (Å²) in [6, 6.07) is 5.98. The summed E-state index contributed by atoms with van der Waals surface area (Å²) >= 11 is 0.